The topological polar surface area (TPSA) is 75.4 Å². The maximum absolute atomic E-state index is 12.1. The molecule has 0 aromatic heterocycles. The van der Waals surface area contributed by atoms with E-state index in [1.807, 2.05) is 6.92 Å². The van der Waals surface area contributed by atoms with Gasteiger partial charge in [0.25, 0.3) is 0 Å². The van der Waals surface area contributed by atoms with Crippen LogP contribution >= 0.6 is 0 Å². The second-order valence-electron chi connectivity index (χ2n) is 4.50. The number of carbonyl (C=O) groups excluding carboxylic acids is 2. The Morgan fingerprint density at radius 1 is 1.59 bits per heavy atom. The monoisotopic (exact) mass is 241 g/mol. The number of unbranched alkanes of at least 4 members (excludes halogenated alkanes) is 1. The summed E-state index contributed by atoms with van der Waals surface area (Å²) in [4.78, 5) is 25.4. The fourth-order valence-electron chi connectivity index (χ4n) is 2.14. The Morgan fingerprint density at radius 2 is 2.29 bits per heavy atom. The number of piperazine rings is 1. The fourth-order valence-corrected chi connectivity index (χ4v) is 2.14. The maximum atomic E-state index is 12.1. The average molecular weight is 241 g/mol. The highest BCUT2D eigenvalue weighted by atomic mass is 16.2. The van der Waals surface area contributed by atoms with Crippen molar-refractivity contribution in [1.29, 1.82) is 0 Å². The van der Waals surface area contributed by atoms with Gasteiger partial charge in [0.05, 0.1) is 6.04 Å². The Morgan fingerprint density at radius 3 is 2.88 bits per heavy atom. The summed E-state index contributed by atoms with van der Waals surface area (Å²) in [5.41, 5.74) is 5.87. The number of nitrogens with zero attached hydrogens (tertiary/aromatic N) is 1. The standard InChI is InChI=1S/C12H23N3O2/c1-3-5-6-9(13)12(17)15-8-7-14-11(16)10(15)4-2/h9-10H,3-8,13H2,1-2H3,(H,14,16)/t9-,10?/m0/s1. The van der Waals surface area contributed by atoms with E-state index in [0.717, 1.165) is 12.8 Å². The van der Waals surface area contributed by atoms with Crippen molar-refractivity contribution in [3.63, 3.8) is 0 Å². The Balaban J connectivity index is 2.62. The number of amides is 2. The van der Waals surface area contributed by atoms with Crippen molar-refractivity contribution in [3.8, 4) is 0 Å². The minimum atomic E-state index is -0.463. The molecule has 1 aliphatic heterocycles. The van der Waals surface area contributed by atoms with Crippen molar-refractivity contribution in [1.82, 2.24) is 10.2 Å². The lowest BCUT2D eigenvalue weighted by molar-refractivity contribution is -0.144. The van der Waals surface area contributed by atoms with Crippen LogP contribution in [0, 0.1) is 0 Å². The number of hydrogen-bond acceptors (Lipinski definition) is 3. The molecule has 5 heteroatoms. The van der Waals surface area contributed by atoms with E-state index in [1.54, 1.807) is 4.90 Å². The zero-order chi connectivity index (χ0) is 12.8. The molecule has 1 heterocycles. The van der Waals surface area contributed by atoms with Crippen molar-refractivity contribution in [3.05, 3.63) is 0 Å². The smallest absolute Gasteiger partial charge is 0.242 e. The Labute approximate surface area is 103 Å². The molecular weight excluding hydrogens is 218 g/mol. The molecule has 0 radical (unpaired) electrons. The molecule has 1 aliphatic rings. The van der Waals surface area contributed by atoms with Gasteiger partial charge >= 0.3 is 0 Å². The van der Waals surface area contributed by atoms with E-state index in [0.29, 0.717) is 25.9 Å². The molecule has 1 rings (SSSR count). The predicted octanol–water partition coefficient (Wildman–Crippen LogP) is 0.241. The van der Waals surface area contributed by atoms with Crippen LogP contribution in [0.5, 0.6) is 0 Å². The van der Waals surface area contributed by atoms with E-state index in [4.69, 9.17) is 5.73 Å². The van der Waals surface area contributed by atoms with Gasteiger partial charge in [-0.2, -0.15) is 0 Å². The highest BCUT2D eigenvalue weighted by Crippen LogP contribution is 2.11. The first kappa shape index (κ1) is 14.0. The van der Waals surface area contributed by atoms with Crippen molar-refractivity contribution < 1.29 is 9.59 Å². The van der Waals surface area contributed by atoms with Gasteiger partial charge in [0.15, 0.2) is 0 Å². The number of nitrogens with two attached hydrogens (primary N) is 1. The fraction of sp³-hybridized carbons (Fsp3) is 0.833. The molecule has 0 spiro atoms. The van der Waals surface area contributed by atoms with Gasteiger partial charge in [0.1, 0.15) is 6.04 Å². The molecule has 98 valence electrons. The number of rotatable bonds is 5. The van der Waals surface area contributed by atoms with Crippen LogP contribution in [0.2, 0.25) is 0 Å². The molecular formula is C12H23N3O2. The number of carbonyl (C=O) groups is 2. The number of hydrogen-bond donors (Lipinski definition) is 2. The van der Waals surface area contributed by atoms with Crippen LogP contribution < -0.4 is 11.1 Å². The van der Waals surface area contributed by atoms with Crippen molar-refractivity contribution in [2.75, 3.05) is 13.1 Å². The van der Waals surface area contributed by atoms with Gasteiger partial charge in [-0.05, 0) is 12.8 Å². The average Bonchev–Trinajstić information content (AvgIpc) is 2.34. The van der Waals surface area contributed by atoms with Crippen LogP contribution in [0.15, 0.2) is 0 Å². The van der Waals surface area contributed by atoms with Gasteiger partial charge in [-0.15, -0.1) is 0 Å². The molecule has 2 amide bonds. The summed E-state index contributed by atoms with van der Waals surface area (Å²) < 4.78 is 0. The quantitative estimate of drug-likeness (QED) is 0.724. The van der Waals surface area contributed by atoms with Gasteiger partial charge in [-0.25, -0.2) is 0 Å². The maximum Gasteiger partial charge on any atom is 0.242 e. The first-order chi connectivity index (χ1) is 8.11. The van der Waals surface area contributed by atoms with Gasteiger partial charge in [0, 0.05) is 13.1 Å². The van der Waals surface area contributed by atoms with E-state index < -0.39 is 6.04 Å². The van der Waals surface area contributed by atoms with E-state index >= 15 is 0 Å². The van der Waals surface area contributed by atoms with Crippen molar-refractivity contribution >= 4 is 11.8 Å². The Hall–Kier alpha value is -1.10. The summed E-state index contributed by atoms with van der Waals surface area (Å²) in [6.07, 6.45) is 3.31. The minimum absolute atomic E-state index is 0.0604. The van der Waals surface area contributed by atoms with E-state index in [9.17, 15) is 9.59 Å². The molecule has 17 heavy (non-hydrogen) atoms. The third-order valence-corrected chi connectivity index (χ3v) is 3.19. The molecule has 0 aromatic rings. The number of nitrogens with one attached hydrogen (secondary N) is 1. The normalized spacial score (nSPS) is 22.2. The van der Waals surface area contributed by atoms with E-state index in [2.05, 4.69) is 12.2 Å². The van der Waals surface area contributed by atoms with E-state index in [1.165, 1.54) is 0 Å². The van der Waals surface area contributed by atoms with Crippen LogP contribution in [0.4, 0.5) is 0 Å². The molecule has 0 bridgehead atoms. The lowest BCUT2D eigenvalue weighted by Crippen LogP contribution is -2.60. The summed E-state index contributed by atoms with van der Waals surface area (Å²) in [6, 6.07) is -0.807. The zero-order valence-corrected chi connectivity index (χ0v) is 10.7. The Bertz CT molecular complexity index is 281. The summed E-state index contributed by atoms with van der Waals surface area (Å²) in [5, 5.41) is 2.78. The summed E-state index contributed by atoms with van der Waals surface area (Å²) in [6.45, 7) is 5.08. The first-order valence-corrected chi connectivity index (χ1v) is 6.45. The third-order valence-electron chi connectivity index (χ3n) is 3.19. The predicted molar refractivity (Wildman–Crippen MR) is 66.3 cm³/mol. The lowest BCUT2D eigenvalue weighted by atomic mass is 10.1. The second kappa shape index (κ2) is 6.59. The molecule has 3 N–H and O–H groups in total. The summed E-state index contributed by atoms with van der Waals surface area (Å²) in [5.74, 6) is -0.144. The van der Waals surface area contributed by atoms with Gasteiger partial charge < -0.3 is 16.0 Å². The Kier molecular flexibility index (Phi) is 5.41. The highest BCUT2D eigenvalue weighted by molar-refractivity contribution is 5.90. The highest BCUT2D eigenvalue weighted by Gasteiger charge is 2.33. The van der Waals surface area contributed by atoms with Crippen molar-refractivity contribution in [2.45, 2.75) is 51.6 Å². The first-order valence-electron chi connectivity index (χ1n) is 6.45. The van der Waals surface area contributed by atoms with Gasteiger partial charge in [-0.1, -0.05) is 26.7 Å². The molecule has 0 aromatic carbocycles. The lowest BCUT2D eigenvalue weighted by Gasteiger charge is -2.36. The van der Waals surface area contributed by atoms with Gasteiger partial charge in [-0.3, -0.25) is 9.59 Å². The van der Waals surface area contributed by atoms with Crippen LogP contribution in [0.3, 0.4) is 0 Å². The van der Waals surface area contributed by atoms with Crippen LogP contribution in [-0.2, 0) is 9.59 Å². The summed E-state index contributed by atoms with van der Waals surface area (Å²) >= 11 is 0. The molecule has 0 saturated carbocycles. The van der Waals surface area contributed by atoms with Crippen LogP contribution in [-0.4, -0.2) is 41.9 Å². The molecule has 0 aliphatic carbocycles. The molecule has 2 atom stereocenters. The van der Waals surface area contributed by atoms with E-state index in [-0.39, 0.29) is 17.9 Å². The largest absolute Gasteiger partial charge is 0.353 e. The van der Waals surface area contributed by atoms with Crippen molar-refractivity contribution in [2.24, 2.45) is 5.73 Å². The molecule has 1 unspecified atom stereocenters. The molecule has 1 fully saturated rings. The molecule has 1 saturated heterocycles. The minimum Gasteiger partial charge on any atom is -0.353 e. The van der Waals surface area contributed by atoms with Crippen LogP contribution in [0.25, 0.3) is 0 Å². The SMILES string of the molecule is CCCC[C@H](N)C(=O)N1CCNC(=O)C1CC. The third kappa shape index (κ3) is 3.43. The van der Waals surface area contributed by atoms with Crippen LogP contribution in [0.1, 0.15) is 39.5 Å². The zero-order valence-electron chi connectivity index (χ0n) is 10.7. The summed E-state index contributed by atoms with van der Waals surface area (Å²) in [7, 11) is 0. The van der Waals surface area contributed by atoms with Gasteiger partial charge in [0.2, 0.25) is 11.8 Å². The molecule has 5 nitrogen and oxygen atoms in total. The second-order valence-corrected chi connectivity index (χ2v) is 4.50.